The van der Waals surface area contributed by atoms with Crippen LogP contribution in [0.5, 0.6) is 0 Å². The molecule has 0 amide bonds. The lowest BCUT2D eigenvalue weighted by Crippen LogP contribution is -1.82. The van der Waals surface area contributed by atoms with Crippen LogP contribution in [0.25, 0.3) is 0 Å². The zero-order valence-electron chi connectivity index (χ0n) is 7.20. The van der Waals surface area contributed by atoms with E-state index in [9.17, 15) is 0 Å². The van der Waals surface area contributed by atoms with Crippen molar-refractivity contribution in [1.29, 1.82) is 0 Å². The van der Waals surface area contributed by atoms with Crippen molar-refractivity contribution >= 4 is 18.6 Å². The molecule has 5 nitrogen and oxygen atoms in total. The highest BCUT2D eigenvalue weighted by Gasteiger charge is 2.07. The Morgan fingerprint density at radius 1 is 0.929 bits per heavy atom. The molecule has 0 atom stereocenters. The maximum Gasteiger partial charge on any atom is 0.147 e. The van der Waals surface area contributed by atoms with E-state index in [2.05, 4.69) is 25.0 Å². The van der Waals surface area contributed by atoms with Gasteiger partial charge in [0.1, 0.15) is 6.26 Å². The van der Waals surface area contributed by atoms with E-state index in [0.29, 0.717) is 0 Å². The maximum atomic E-state index is 4.19. The van der Waals surface area contributed by atoms with Gasteiger partial charge >= 0.3 is 0 Å². The first-order valence-electron chi connectivity index (χ1n) is 3.97. The Hall–Kier alpha value is -2.17. The summed E-state index contributed by atoms with van der Waals surface area (Å²) in [5.41, 5.74) is 1.98. The molecule has 0 aromatic heterocycles. The lowest BCUT2D eigenvalue weighted by Gasteiger charge is -1.92. The molecular formula is C9H7N3O2. The first-order chi connectivity index (χ1) is 6.97. The van der Waals surface area contributed by atoms with Gasteiger partial charge < -0.3 is 0 Å². The van der Waals surface area contributed by atoms with Crippen LogP contribution in [0.2, 0.25) is 0 Å². The second-order valence-corrected chi connectivity index (χ2v) is 2.41. The first-order valence-corrected chi connectivity index (χ1v) is 3.97. The van der Waals surface area contributed by atoms with E-state index in [4.69, 9.17) is 0 Å². The molecule has 70 valence electrons. The second-order valence-electron chi connectivity index (χ2n) is 2.41. The maximum absolute atomic E-state index is 4.19. The van der Waals surface area contributed by atoms with Gasteiger partial charge in [-0.25, -0.2) is 0 Å². The number of hydrogen-bond acceptors (Lipinski definition) is 5. The van der Waals surface area contributed by atoms with Gasteiger partial charge in [-0.3, -0.25) is 14.9 Å². The summed E-state index contributed by atoms with van der Waals surface area (Å²) in [6.45, 7) is 0. The summed E-state index contributed by atoms with van der Waals surface area (Å²) in [4.78, 5) is 16.3. The Balaban J connectivity index is 0.000000112. The highest BCUT2D eigenvalue weighted by atomic mass is 17.3. The number of fused-ring (bicyclic) bond motifs is 1. The van der Waals surface area contributed by atoms with Gasteiger partial charge in [-0.1, -0.05) is 0 Å². The topological polar surface area (TPSA) is 55.5 Å². The molecule has 0 bridgehead atoms. The number of oxime groups is 1. The number of nitrogens with zero attached hydrogens (tertiary/aromatic N) is 3. The molecule has 0 saturated heterocycles. The van der Waals surface area contributed by atoms with E-state index in [0.717, 1.165) is 11.4 Å². The van der Waals surface area contributed by atoms with Crippen molar-refractivity contribution in [3.63, 3.8) is 0 Å². The van der Waals surface area contributed by atoms with Crippen molar-refractivity contribution in [2.24, 2.45) is 15.1 Å². The van der Waals surface area contributed by atoms with Gasteiger partial charge in [0.25, 0.3) is 0 Å². The fourth-order valence-electron chi connectivity index (χ4n) is 0.942. The zero-order chi connectivity index (χ0) is 9.64. The highest BCUT2D eigenvalue weighted by molar-refractivity contribution is 5.88. The summed E-state index contributed by atoms with van der Waals surface area (Å²) >= 11 is 0. The molecule has 0 unspecified atom stereocenters. The Morgan fingerprint density at radius 2 is 1.64 bits per heavy atom. The molecule has 5 heteroatoms. The fraction of sp³-hybridized carbons (Fsp3) is 0. The summed E-state index contributed by atoms with van der Waals surface area (Å²) in [6.07, 6.45) is 11.8. The lowest BCUT2D eigenvalue weighted by atomic mass is 10.4. The summed E-state index contributed by atoms with van der Waals surface area (Å²) in [6, 6.07) is 0. The van der Waals surface area contributed by atoms with Crippen LogP contribution < -0.4 is 0 Å². The van der Waals surface area contributed by atoms with Crippen molar-refractivity contribution < 1.29 is 9.88 Å². The molecule has 0 fully saturated rings. The molecule has 3 heterocycles. The number of hydrogen-bond donors (Lipinski definition) is 0. The molecular weight excluding hydrogens is 182 g/mol. The largest absolute Gasteiger partial charge is 0.275 e. The van der Waals surface area contributed by atoms with Gasteiger partial charge in [-0.05, 0) is 23.4 Å². The lowest BCUT2D eigenvalue weighted by molar-refractivity contribution is -0.251. The fourth-order valence-corrected chi connectivity index (χ4v) is 0.942. The van der Waals surface area contributed by atoms with E-state index >= 15 is 0 Å². The van der Waals surface area contributed by atoms with Crippen molar-refractivity contribution in [3.8, 4) is 0 Å². The van der Waals surface area contributed by atoms with Crippen molar-refractivity contribution in [2.45, 2.75) is 0 Å². The summed E-state index contributed by atoms with van der Waals surface area (Å²) in [5.74, 6) is 0. The van der Waals surface area contributed by atoms with Crippen LogP contribution in [-0.4, -0.2) is 18.6 Å². The van der Waals surface area contributed by atoms with Crippen LogP contribution in [0.15, 0.2) is 51.0 Å². The molecule has 3 aliphatic rings. The van der Waals surface area contributed by atoms with Crippen LogP contribution >= 0.6 is 0 Å². The standard InChI is InChI=1S/C6H4N2.C3H3NO2/c1-3-7-6-2-4-8-5(1)6;1-2-4-6-5-3-1/h1-4H;1-3H. The molecule has 0 aromatic rings. The highest BCUT2D eigenvalue weighted by Crippen LogP contribution is 2.19. The van der Waals surface area contributed by atoms with Crippen molar-refractivity contribution in [2.75, 3.05) is 0 Å². The molecule has 0 aliphatic carbocycles. The van der Waals surface area contributed by atoms with Crippen LogP contribution in [0, 0.1) is 0 Å². The SMILES string of the molecule is C1=COON=C1.C1=NC2=CC=NC2=C1. The van der Waals surface area contributed by atoms with Crippen LogP contribution in [0.3, 0.4) is 0 Å². The van der Waals surface area contributed by atoms with Gasteiger partial charge in [0.15, 0.2) is 0 Å². The van der Waals surface area contributed by atoms with Gasteiger partial charge in [0.2, 0.25) is 0 Å². The first kappa shape index (κ1) is 8.43. The normalized spacial score (nSPS) is 18.9. The van der Waals surface area contributed by atoms with Crippen molar-refractivity contribution in [3.05, 3.63) is 35.9 Å². The molecule has 14 heavy (non-hydrogen) atoms. The second kappa shape index (κ2) is 4.18. The predicted molar refractivity (Wildman–Crippen MR) is 53.0 cm³/mol. The molecule has 0 aromatic carbocycles. The molecule has 0 radical (unpaired) electrons. The minimum Gasteiger partial charge on any atom is -0.275 e. The number of rotatable bonds is 0. The van der Waals surface area contributed by atoms with Gasteiger partial charge in [0, 0.05) is 12.4 Å². The quantitative estimate of drug-likeness (QED) is 0.540. The number of allylic oxidation sites excluding steroid dienone is 3. The number of aliphatic imine (C=N–C) groups is 2. The third-order valence-corrected chi connectivity index (χ3v) is 1.52. The summed E-state index contributed by atoms with van der Waals surface area (Å²) in [5, 5.41) is 3.24. The van der Waals surface area contributed by atoms with E-state index in [1.54, 1.807) is 18.5 Å². The van der Waals surface area contributed by atoms with E-state index < -0.39 is 0 Å². The molecule has 0 spiro atoms. The Morgan fingerprint density at radius 3 is 2.00 bits per heavy atom. The molecule has 3 aliphatic heterocycles. The summed E-state index contributed by atoms with van der Waals surface area (Å²) in [7, 11) is 0. The van der Waals surface area contributed by atoms with Crippen LogP contribution in [0.4, 0.5) is 0 Å². The van der Waals surface area contributed by atoms with E-state index in [1.165, 1.54) is 12.5 Å². The van der Waals surface area contributed by atoms with Crippen molar-refractivity contribution in [1.82, 2.24) is 0 Å². The molecule has 0 saturated carbocycles. The minimum absolute atomic E-state index is 0.991. The average molecular weight is 189 g/mol. The van der Waals surface area contributed by atoms with E-state index in [1.807, 2.05) is 12.2 Å². The Bertz CT molecular complexity index is 351. The third-order valence-electron chi connectivity index (χ3n) is 1.52. The monoisotopic (exact) mass is 189 g/mol. The summed E-state index contributed by atoms with van der Waals surface area (Å²) < 4.78 is 0. The van der Waals surface area contributed by atoms with E-state index in [-0.39, 0.29) is 0 Å². The minimum atomic E-state index is 0.991. The molecule has 0 N–H and O–H groups in total. The van der Waals surface area contributed by atoms with Gasteiger partial charge in [-0.2, -0.15) is 4.99 Å². The zero-order valence-corrected chi connectivity index (χ0v) is 7.20. The average Bonchev–Trinajstić information content (AvgIpc) is 2.82. The Labute approximate surface area is 80.4 Å². The molecule has 3 rings (SSSR count). The van der Waals surface area contributed by atoms with Crippen LogP contribution in [-0.2, 0) is 9.88 Å². The smallest absolute Gasteiger partial charge is 0.147 e. The van der Waals surface area contributed by atoms with Gasteiger partial charge in [0.05, 0.1) is 17.6 Å². The third kappa shape index (κ3) is 1.95. The van der Waals surface area contributed by atoms with Crippen LogP contribution in [0.1, 0.15) is 0 Å². The van der Waals surface area contributed by atoms with Gasteiger partial charge in [-0.15, -0.1) is 0 Å². The Kier molecular flexibility index (Phi) is 2.51. The predicted octanol–water partition coefficient (Wildman–Crippen LogP) is 1.37.